The molecule has 0 radical (unpaired) electrons. The number of benzene rings is 2. The zero-order chi connectivity index (χ0) is 21.6. The van der Waals surface area contributed by atoms with E-state index in [2.05, 4.69) is 32.2 Å². The summed E-state index contributed by atoms with van der Waals surface area (Å²) in [7, 11) is 0. The van der Waals surface area contributed by atoms with Crippen molar-refractivity contribution in [3.63, 3.8) is 0 Å². The second-order valence-corrected chi connectivity index (χ2v) is 9.22. The van der Waals surface area contributed by atoms with Gasteiger partial charge in [0.05, 0.1) is 10.6 Å². The third kappa shape index (κ3) is 5.36. The van der Waals surface area contributed by atoms with Crippen molar-refractivity contribution in [3.8, 4) is 10.7 Å². The summed E-state index contributed by atoms with van der Waals surface area (Å²) in [4.78, 5) is 13.6. The molecule has 2 aromatic carbocycles. The van der Waals surface area contributed by atoms with Crippen molar-refractivity contribution < 1.29 is 4.79 Å². The lowest BCUT2D eigenvalue weighted by atomic mass is 10.1. The predicted molar refractivity (Wildman–Crippen MR) is 129 cm³/mol. The molecule has 2 heterocycles. The lowest BCUT2D eigenvalue weighted by Gasteiger charge is -2.11. The number of thioether (sulfide) groups is 1. The maximum absolute atomic E-state index is 12.5. The molecule has 0 aliphatic carbocycles. The van der Waals surface area contributed by atoms with Crippen LogP contribution < -0.4 is 5.32 Å². The lowest BCUT2D eigenvalue weighted by Crippen LogP contribution is -2.15. The van der Waals surface area contributed by atoms with Crippen LogP contribution in [0.5, 0.6) is 0 Å². The van der Waals surface area contributed by atoms with Gasteiger partial charge < -0.3 is 9.88 Å². The molecule has 0 saturated carbocycles. The summed E-state index contributed by atoms with van der Waals surface area (Å²) in [6, 6.07) is 19.8. The summed E-state index contributed by atoms with van der Waals surface area (Å²) < 4.78 is 2.10. The van der Waals surface area contributed by atoms with Crippen molar-refractivity contribution in [3.05, 3.63) is 82.2 Å². The molecule has 31 heavy (non-hydrogen) atoms. The van der Waals surface area contributed by atoms with Crippen LogP contribution in [0.2, 0.25) is 5.02 Å². The second-order valence-electron chi connectivity index (χ2n) is 6.92. The van der Waals surface area contributed by atoms with E-state index in [0.717, 1.165) is 40.1 Å². The summed E-state index contributed by atoms with van der Waals surface area (Å²) in [5, 5.41) is 15.1. The Bertz CT molecular complexity index is 1160. The smallest absolute Gasteiger partial charge is 0.234 e. The molecule has 0 bridgehead atoms. The molecule has 4 rings (SSSR count). The Kier molecular flexibility index (Phi) is 7.06. The van der Waals surface area contributed by atoms with E-state index in [4.69, 9.17) is 11.6 Å². The fourth-order valence-corrected chi connectivity index (χ4v) is 4.79. The van der Waals surface area contributed by atoms with E-state index in [9.17, 15) is 4.79 Å². The van der Waals surface area contributed by atoms with Crippen LogP contribution in [0.1, 0.15) is 11.1 Å². The van der Waals surface area contributed by atoms with E-state index < -0.39 is 0 Å². The highest BCUT2D eigenvalue weighted by molar-refractivity contribution is 7.99. The quantitative estimate of drug-likeness (QED) is 0.325. The summed E-state index contributed by atoms with van der Waals surface area (Å²) in [6.07, 6.45) is 0.860. The molecule has 8 heteroatoms. The highest BCUT2D eigenvalue weighted by Gasteiger charge is 2.17. The maximum Gasteiger partial charge on any atom is 0.234 e. The van der Waals surface area contributed by atoms with E-state index >= 15 is 0 Å². The maximum atomic E-state index is 12.5. The first-order valence-corrected chi connectivity index (χ1v) is 12.0. The van der Waals surface area contributed by atoms with Gasteiger partial charge in [0.15, 0.2) is 11.0 Å². The molecule has 0 unspecified atom stereocenters. The van der Waals surface area contributed by atoms with Crippen LogP contribution >= 0.6 is 34.7 Å². The zero-order valence-corrected chi connectivity index (χ0v) is 19.3. The number of anilines is 1. The Morgan fingerprint density at radius 1 is 1.10 bits per heavy atom. The van der Waals surface area contributed by atoms with E-state index in [1.54, 1.807) is 11.3 Å². The first-order valence-electron chi connectivity index (χ1n) is 9.80. The average molecular weight is 469 g/mol. The summed E-state index contributed by atoms with van der Waals surface area (Å²) in [6.45, 7) is 2.63. The topological polar surface area (TPSA) is 59.8 Å². The molecule has 2 aromatic heterocycles. The fourth-order valence-electron chi connectivity index (χ4n) is 3.13. The fraction of sp³-hybridized carbons (Fsp3) is 0.174. The molecule has 1 amide bonds. The molecule has 158 valence electrons. The molecular formula is C23H21ClN4OS2. The largest absolute Gasteiger partial charge is 0.325 e. The van der Waals surface area contributed by atoms with Gasteiger partial charge in [-0.3, -0.25) is 4.79 Å². The number of thiophene rings is 1. The third-order valence-corrected chi connectivity index (χ3v) is 7.04. The van der Waals surface area contributed by atoms with Gasteiger partial charge in [0, 0.05) is 17.3 Å². The standard InChI is InChI=1S/C23H21ClN4OS2/c1-16-18(24)9-5-10-19(16)25-21(29)15-31-23-27-26-22(20-11-6-14-30-20)28(23)13-12-17-7-3-2-4-8-17/h2-11,14H,12-13,15H2,1H3,(H,25,29). The van der Waals surface area contributed by atoms with Gasteiger partial charge in [-0.25, -0.2) is 0 Å². The minimum Gasteiger partial charge on any atom is -0.325 e. The van der Waals surface area contributed by atoms with Crippen molar-refractivity contribution >= 4 is 46.3 Å². The SMILES string of the molecule is Cc1c(Cl)cccc1NC(=O)CSc1nnc(-c2cccs2)n1CCc1ccccc1. The Balaban J connectivity index is 1.48. The van der Waals surface area contributed by atoms with E-state index in [1.165, 1.54) is 17.3 Å². The molecule has 0 saturated heterocycles. The predicted octanol–water partition coefficient (Wildman–Crippen LogP) is 5.94. The van der Waals surface area contributed by atoms with Gasteiger partial charge >= 0.3 is 0 Å². The van der Waals surface area contributed by atoms with Gasteiger partial charge in [-0.1, -0.05) is 65.8 Å². The molecule has 0 fully saturated rings. The van der Waals surface area contributed by atoms with Gasteiger partial charge in [0.2, 0.25) is 5.91 Å². The number of rotatable bonds is 8. The molecule has 4 aromatic rings. The number of carbonyl (C=O) groups is 1. The number of hydrogen-bond donors (Lipinski definition) is 1. The number of amides is 1. The summed E-state index contributed by atoms with van der Waals surface area (Å²) in [5.74, 6) is 0.963. The number of nitrogens with one attached hydrogen (secondary N) is 1. The molecule has 0 aliphatic rings. The number of aromatic nitrogens is 3. The van der Waals surface area contributed by atoms with Gasteiger partial charge in [-0.2, -0.15) is 0 Å². The van der Waals surface area contributed by atoms with Crippen LogP contribution in [-0.2, 0) is 17.8 Å². The summed E-state index contributed by atoms with van der Waals surface area (Å²) in [5.41, 5.74) is 2.83. The number of aryl methyl sites for hydroxylation is 1. The van der Waals surface area contributed by atoms with Crippen LogP contribution in [0.3, 0.4) is 0 Å². The van der Waals surface area contributed by atoms with Gasteiger partial charge in [-0.15, -0.1) is 21.5 Å². The van der Waals surface area contributed by atoms with Gasteiger partial charge in [-0.05, 0) is 48.1 Å². The van der Waals surface area contributed by atoms with Gasteiger partial charge in [0.1, 0.15) is 0 Å². The number of halogens is 1. The highest BCUT2D eigenvalue weighted by atomic mass is 35.5. The Morgan fingerprint density at radius 2 is 1.94 bits per heavy atom. The third-order valence-electron chi connectivity index (χ3n) is 4.80. The van der Waals surface area contributed by atoms with Crippen molar-refractivity contribution in [2.24, 2.45) is 0 Å². The van der Waals surface area contributed by atoms with Crippen LogP contribution in [0.25, 0.3) is 10.7 Å². The van der Waals surface area contributed by atoms with Crippen LogP contribution in [0.15, 0.2) is 71.2 Å². The van der Waals surface area contributed by atoms with Crippen molar-refractivity contribution in [2.45, 2.75) is 25.0 Å². The Hall–Kier alpha value is -2.61. The zero-order valence-electron chi connectivity index (χ0n) is 16.9. The van der Waals surface area contributed by atoms with Crippen molar-refractivity contribution in [1.82, 2.24) is 14.8 Å². The van der Waals surface area contributed by atoms with Crippen LogP contribution in [0.4, 0.5) is 5.69 Å². The Morgan fingerprint density at radius 3 is 2.71 bits per heavy atom. The van der Waals surface area contributed by atoms with Crippen molar-refractivity contribution in [2.75, 3.05) is 11.1 Å². The van der Waals surface area contributed by atoms with E-state index in [1.807, 2.05) is 60.8 Å². The monoisotopic (exact) mass is 468 g/mol. The minimum absolute atomic E-state index is 0.106. The van der Waals surface area contributed by atoms with E-state index in [0.29, 0.717) is 5.02 Å². The molecular weight excluding hydrogens is 448 g/mol. The minimum atomic E-state index is -0.106. The molecule has 0 spiro atoms. The average Bonchev–Trinajstić information content (AvgIpc) is 3.44. The Labute approximate surface area is 194 Å². The highest BCUT2D eigenvalue weighted by Crippen LogP contribution is 2.28. The summed E-state index contributed by atoms with van der Waals surface area (Å²) >= 11 is 9.17. The molecule has 0 atom stereocenters. The van der Waals surface area contributed by atoms with Crippen LogP contribution in [0, 0.1) is 6.92 Å². The van der Waals surface area contributed by atoms with Crippen LogP contribution in [-0.4, -0.2) is 26.4 Å². The number of hydrogen-bond acceptors (Lipinski definition) is 5. The normalized spacial score (nSPS) is 10.9. The van der Waals surface area contributed by atoms with E-state index in [-0.39, 0.29) is 11.7 Å². The van der Waals surface area contributed by atoms with Gasteiger partial charge in [0.25, 0.3) is 0 Å². The number of carbonyl (C=O) groups excluding carboxylic acids is 1. The molecule has 5 nitrogen and oxygen atoms in total. The molecule has 1 N–H and O–H groups in total. The molecule has 0 aliphatic heterocycles. The second kappa shape index (κ2) is 10.1. The van der Waals surface area contributed by atoms with Crippen molar-refractivity contribution in [1.29, 1.82) is 0 Å². The first kappa shape index (κ1) is 21.6. The lowest BCUT2D eigenvalue weighted by molar-refractivity contribution is -0.113. The number of nitrogens with zero attached hydrogens (tertiary/aromatic N) is 3. The first-order chi connectivity index (χ1) is 15.1.